The van der Waals surface area contributed by atoms with E-state index in [2.05, 4.69) is 17.6 Å². The number of amides is 1. The molecule has 2 rings (SSSR count). The first kappa shape index (κ1) is 9.97. The third kappa shape index (κ3) is 1.78. The molecule has 0 spiro atoms. The van der Waals surface area contributed by atoms with Crippen molar-refractivity contribution < 1.29 is 4.79 Å². The van der Waals surface area contributed by atoms with E-state index in [0.717, 1.165) is 25.9 Å². The van der Waals surface area contributed by atoms with Crippen molar-refractivity contribution in [1.82, 2.24) is 10.6 Å². The lowest BCUT2D eigenvalue weighted by Crippen LogP contribution is -2.56. The zero-order chi connectivity index (χ0) is 10.2. The summed E-state index contributed by atoms with van der Waals surface area (Å²) in [5, 5.41) is 6.38. The molecule has 1 heterocycles. The molecule has 0 bridgehead atoms. The van der Waals surface area contributed by atoms with Crippen LogP contribution in [0.5, 0.6) is 0 Å². The molecule has 0 aromatic heterocycles. The molecule has 3 heteroatoms. The van der Waals surface area contributed by atoms with Gasteiger partial charge in [-0.2, -0.15) is 0 Å². The van der Waals surface area contributed by atoms with Gasteiger partial charge in [0.25, 0.3) is 0 Å². The first-order valence-corrected chi connectivity index (χ1v) is 5.63. The van der Waals surface area contributed by atoms with Crippen LogP contribution in [-0.4, -0.2) is 24.5 Å². The van der Waals surface area contributed by atoms with E-state index in [1.165, 1.54) is 6.42 Å². The summed E-state index contributed by atoms with van der Waals surface area (Å²) < 4.78 is 0. The number of rotatable bonds is 3. The van der Waals surface area contributed by atoms with Gasteiger partial charge >= 0.3 is 0 Å². The quantitative estimate of drug-likeness (QED) is 0.704. The normalized spacial score (nSPS) is 27.3. The highest BCUT2D eigenvalue weighted by molar-refractivity contribution is 5.79. The fraction of sp³-hybridized carbons (Fsp3) is 0.909. The van der Waals surface area contributed by atoms with Crippen molar-refractivity contribution in [3.8, 4) is 0 Å². The van der Waals surface area contributed by atoms with Crippen LogP contribution in [0.3, 0.4) is 0 Å². The zero-order valence-electron chi connectivity index (χ0n) is 9.10. The Kier molecular flexibility index (Phi) is 2.52. The molecule has 80 valence electrons. The first-order chi connectivity index (χ1) is 6.61. The molecular formula is C11H20N2O. The highest BCUT2D eigenvalue weighted by atomic mass is 16.2. The maximum Gasteiger partial charge on any atom is 0.223 e. The molecule has 1 saturated heterocycles. The molecule has 1 amide bonds. The molecule has 3 nitrogen and oxygen atoms in total. The third-order valence-corrected chi connectivity index (χ3v) is 3.82. The number of hydrogen-bond acceptors (Lipinski definition) is 2. The lowest BCUT2D eigenvalue weighted by Gasteiger charge is -2.41. The smallest absolute Gasteiger partial charge is 0.223 e. The van der Waals surface area contributed by atoms with Crippen molar-refractivity contribution in [1.29, 1.82) is 0 Å². The maximum absolute atomic E-state index is 11.8. The molecule has 1 atom stereocenters. The average molecular weight is 196 g/mol. The van der Waals surface area contributed by atoms with Crippen molar-refractivity contribution in [2.75, 3.05) is 13.1 Å². The van der Waals surface area contributed by atoms with Gasteiger partial charge in [0.15, 0.2) is 0 Å². The molecule has 0 aromatic rings. The Balaban J connectivity index is 1.81. The third-order valence-electron chi connectivity index (χ3n) is 3.82. The Labute approximate surface area is 85.6 Å². The van der Waals surface area contributed by atoms with Gasteiger partial charge < -0.3 is 10.6 Å². The maximum atomic E-state index is 11.8. The molecule has 1 aliphatic heterocycles. The molecular weight excluding hydrogens is 176 g/mol. The predicted molar refractivity (Wildman–Crippen MR) is 55.9 cm³/mol. The zero-order valence-corrected chi connectivity index (χ0v) is 9.10. The minimum Gasteiger partial charge on any atom is -0.351 e. The summed E-state index contributed by atoms with van der Waals surface area (Å²) in [4.78, 5) is 11.8. The summed E-state index contributed by atoms with van der Waals surface area (Å²) in [6, 6.07) is 0. The van der Waals surface area contributed by atoms with Crippen LogP contribution in [0, 0.1) is 11.8 Å². The summed E-state index contributed by atoms with van der Waals surface area (Å²) in [7, 11) is 0. The Morgan fingerprint density at radius 2 is 2.14 bits per heavy atom. The summed E-state index contributed by atoms with van der Waals surface area (Å²) in [6.07, 6.45) is 3.55. The fourth-order valence-electron chi connectivity index (χ4n) is 2.12. The molecule has 2 N–H and O–H groups in total. The summed E-state index contributed by atoms with van der Waals surface area (Å²) in [6.45, 7) is 6.21. The monoisotopic (exact) mass is 196 g/mol. The highest BCUT2D eigenvalue weighted by Gasteiger charge is 2.36. The van der Waals surface area contributed by atoms with E-state index in [0.29, 0.717) is 5.92 Å². The van der Waals surface area contributed by atoms with Gasteiger partial charge in [-0.05, 0) is 45.2 Å². The second-order valence-corrected chi connectivity index (χ2v) is 5.11. The summed E-state index contributed by atoms with van der Waals surface area (Å²) >= 11 is 0. The van der Waals surface area contributed by atoms with Crippen LogP contribution in [0.1, 0.15) is 33.1 Å². The average Bonchev–Trinajstić information content (AvgIpc) is 1.98. The van der Waals surface area contributed by atoms with E-state index < -0.39 is 0 Å². The van der Waals surface area contributed by atoms with Gasteiger partial charge in [-0.1, -0.05) is 6.92 Å². The fourth-order valence-corrected chi connectivity index (χ4v) is 2.12. The molecule has 2 fully saturated rings. The van der Waals surface area contributed by atoms with E-state index >= 15 is 0 Å². The number of hydrogen-bond donors (Lipinski definition) is 2. The minimum atomic E-state index is 0.114. The second-order valence-electron chi connectivity index (χ2n) is 5.11. The Morgan fingerprint density at radius 3 is 2.50 bits per heavy atom. The number of carbonyl (C=O) groups is 1. The first-order valence-electron chi connectivity index (χ1n) is 5.63. The van der Waals surface area contributed by atoms with Gasteiger partial charge in [-0.15, -0.1) is 0 Å². The predicted octanol–water partition coefficient (Wildman–Crippen LogP) is 0.901. The number of nitrogens with one attached hydrogen (secondary N) is 2. The van der Waals surface area contributed by atoms with Crippen molar-refractivity contribution in [3.63, 3.8) is 0 Å². The van der Waals surface area contributed by atoms with Crippen LogP contribution in [-0.2, 0) is 4.79 Å². The largest absolute Gasteiger partial charge is 0.351 e. The standard InChI is InChI=1S/C11H20N2O/c1-8(9-6-12-7-9)10(14)13-11(2)4-3-5-11/h8-9,12H,3-7H2,1-2H3,(H,13,14). The molecule has 1 saturated carbocycles. The van der Waals surface area contributed by atoms with Crippen molar-refractivity contribution in [2.24, 2.45) is 11.8 Å². The highest BCUT2D eigenvalue weighted by Crippen LogP contribution is 2.31. The SMILES string of the molecule is CC(C(=O)NC1(C)CCC1)C1CNC1. The van der Waals surface area contributed by atoms with Crippen molar-refractivity contribution >= 4 is 5.91 Å². The summed E-state index contributed by atoms with van der Waals surface area (Å²) in [5.74, 6) is 0.978. The molecule has 2 aliphatic rings. The lowest BCUT2D eigenvalue weighted by molar-refractivity contribution is -0.129. The van der Waals surface area contributed by atoms with Gasteiger partial charge in [0.05, 0.1) is 0 Å². The van der Waals surface area contributed by atoms with E-state index in [-0.39, 0.29) is 17.4 Å². The lowest BCUT2D eigenvalue weighted by atomic mass is 9.77. The molecule has 1 aliphatic carbocycles. The van der Waals surface area contributed by atoms with Crippen LogP contribution in [0.2, 0.25) is 0 Å². The second kappa shape index (κ2) is 3.54. The Morgan fingerprint density at radius 1 is 1.50 bits per heavy atom. The van der Waals surface area contributed by atoms with Crippen molar-refractivity contribution in [3.05, 3.63) is 0 Å². The van der Waals surface area contributed by atoms with Gasteiger partial charge in [-0.25, -0.2) is 0 Å². The van der Waals surface area contributed by atoms with Gasteiger partial charge in [-0.3, -0.25) is 4.79 Å². The van der Waals surface area contributed by atoms with Crippen LogP contribution in [0.4, 0.5) is 0 Å². The Bertz CT molecular complexity index is 231. The molecule has 0 aromatic carbocycles. The summed E-state index contributed by atoms with van der Waals surface area (Å²) in [5.41, 5.74) is 0.114. The van der Waals surface area contributed by atoms with Crippen LogP contribution >= 0.6 is 0 Å². The minimum absolute atomic E-state index is 0.114. The Hall–Kier alpha value is -0.570. The molecule has 0 radical (unpaired) electrons. The van der Waals surface area contributed by atoms with E-state index in [1.807, 2.05) is 6.92 Å². The molecule has 14 heavy (non-hydrogen) atoms. The topological polar surface area (TPSA) is 41.1 Å². The van der Waals surface area contributed by atoms with Crippen LogP contribution < -0.4 is 10.6 Å². The van der Waals surface area contributed by atoms with E-state index in [9.17, 15) is 4.79 Å². The van der Waals surface area contributed by atoms with Crippen LogP contribution in [0.25, 0.3) is 0 Å². The van der Waals surface area contributed by atoms with Gasteiger partial charge in [0.2, 0.25) is 5.91 Å². The van der Waals surface area contributed by atoms with Gasteiger partial charge in [0, 0.05) is 11.5 Å². The van der Waals surface area contributed by atoms with Gasteiger partial charge in [0.1, 0.15) is 0 Å². The van der Waals surface area contributed by atoms with E-state index in [1.54, 1.807) is 0 Å². The number of carbonyl (C=O) groups excluding carboxylic acids is 1. The molecule has 1 unspecified atom stereocenters. The van der Waals surface area contributed by atoms with E-state index in [4.69, 9.17) is 0 Å². The van der Waals surface area contributed by atoms with Crippen molar-refractivity contribution in [2.45, 2.75) is 38.6 Å². The van der Waals surface area contributed by atoms with Crippen LogP contribution in [0.15, 0.2) is 0 Å².